The van der Waals surface area contributed by atoms with Gasteiger partial charge in [0.2, 0.25) is 5.91 Å². The number of amides is 2. The molecule has 2 amide bonds. The van der Waals surface area contributed by atoms with Crippen LogP contribution in [0.2, 0.25) is 18.1 Å². The van der Waals surface area contributed by atoms with Gasteiger partial charge in [-0.15, -0.1) is 0 Å². The predicted molar refractivity (Wildman–Crippen MR) is 92.9 cm³/mol. The zero-order valence-electron chi connectivity index (χ0n) is 15.8. The Hall–Kier alpha value is -1.41. The van der Waals surface area contributed by atoms with Crippen molar-refractivity contribution in [3.8, 4) is 0 Å². The lowest BCUT2D eigenvalue weighted by Gasteiger charge is -2.40. The summed E-state index contributed by atoms with van der Waals surface area (Å²) < 4.78 is 11.2. The Balaban J connectivity index is 2.93. The maximum Gasteiger partial charge on any atom is 0.303 e. The first-order valence-electron chi connectivity index (χ1n) is 8.23. The second-order valence-corrected chi connectivity index (χ2v) is 12.4. The molecule has 2 atom stereocenters. The maximum absolute atomic E-state index is 12.3. The van der Waals surface area contributed by atoms with E-state index in [0.29, 0.717) is 13.0 Å². The quantitative estimate of drug-likeness (QED) is 0.591. The summed E-state index contributed by atoms with van der Waals surface area (Å²) in [5.41, 5.74) is 0. The number of ether oxygens (including phenoxy) is 1. The van der Waals surface area contributed by atoms with E-state index in [-0.39, 0.29) is 29.6 Å². The molecule has 1 heterocycles. The SMILES string of the molecule is CNC(=O)[C@@H]1[C@@H](O[Si](C)(C)C(C)(C)C)CCN1C(=O)COC(C)=O. The third kappa shape index (κ3) is 4.79. The van der Waals surface area contributed by atoms with Crippen LogP contribution in [0.15, 0.2) is 0 Å². The minimum atomic E-state index is -2.07. The highest BCUT2D eigenvalue weighted by molar-refractivity contribution is 6.74. The number of likely N-dealkylation sites (N-methyl/N-ethyl adjacent to an activating group) is 1. The molecule has 0 unspecified atom stereocenters. The van der Waals surface area contributed by atoms with Crippen LogP contribution >= 0.6 is 0 Å². The van der Waals surface area contributed by atoms with E-state index < -0.39 is 20.3 Å². The van der Waals surface area contributed by atoms with Crippen LogP contribution in [0, 0.1) is 0 Å². The fourth-order valence-corrected chi connectivity index (χ4v) is 3.78. The van der Waals surface area contributed by atoms with E-state index in [1.165, 1.54) is 11.8 Å². The van der Waals surface area contributed by atoms with Gasteiger partial charge in [-0.3, -0.25) is 14.4 Å². The first kappa shape index (κ1) is 20.6. The Kier molecular flexibility index (Phi) is 6.57. The number of nitrogens with one attached hydrogen (secondary N) is 1. The standard InChI is InChI=1S/C16H30N2O5Si/c1-11(19)22-10-13(20)18-9-8-12(14(18)15(21)17-5)23-24(6,7)16(2,3)4/h12,14H,8-10H2,1-7H3,(H,17,21)/t12-,14-/m0/s1. The molecule has 1 aliphatic rings. The van der Waals surface area contributed by atoms with Gasteiger partial charge >= 0.3 is 5.97 Å². The highest BCUT2D eigenvalue weighted by Crippen LogP contribution is 2.39. The van der Waals surface area contributed by atoms with Crippen molar-refractivity contribution in [1.82, 2.24) is 10.2 Å². The molecule has 7 nitrogen and oxygen atoms in total. The average molecular weight is 359 g/mol. The summed E-state index contributed by atoms with van der Waals surface area (Å²) in [6.45, 7) is 11.9. The number of hydrogen-bond donors (Lipinski definition) is 1. The molecule has 0 radical (unpaired) electrons. The van der Waals surface area contributed by atoms with Crippen molar-refractivity contribution >= 4 is 26.1 Å². The molecule has 0 aromatic carbocycles. The molecule has 1 N–H and O–H groups in total. The lowest BCUT2D eigenvalue weighted by atomic mass is 10.1. The van der Waals surface area contributed by atoms with Gasteiger partial charge in [0.1, 0.15) is 6.04 Å². The van der Waals surface area contributed by atoms with Crippen molar-refractivity contribution in [3.05, 3.63) is 0 Å². The number of carbonyl (C=O) groups excluding carboxylic acids is 3. The molecule has 1 aliphatic heterocycles. The number of nitrogens with zero attached hydrogens (tertiary/aromatic N) is 1. The smallest absolute Gasteiger partial charge is 0.303 e. The summed E-state index contributed by atoms with van der Waals surface area (Å²) in [5, 5.41) is 2.62. The molecule has 0 aromatic heterocycles. The molecule has 0 bridgehead atoms. The summed E-state index contributed by atoms with van der Waals surface area (Å²) in [7, 11) is -0.534. The van der Waals surface area contributed by atoms with Gasteiger partial charge in [-0.2, -0.15) is 0 Å². The molecule has 1 rings (SSSR count). The van der Waals surface area contributed by atoms with Crippen molar-refractivity contribution < 1.29 is 23.5 Å². The van der Waals surface area contributed by atoms with E-state index in [4.69, 9.17) is 9.16 Å². The van der Waals surface area contributed by atoms with Crippen molar-refractivity contribution in [2.45, 2.75) is 64.4 Å². The first-order valence-corrected chi connectivity index (χ1v) is 11.1. The third-order valence-corrected chi connectivity index (χ3v) is 9.33. The van der Waals surface area contributed by atoms with Crippen LogP contribution in [-0.2, 0) is 23.5 Å². The van der Waals surface area contributed by atoms with Crippen molar-refractivity contribution in [2.75, 3.05) is 20.2 Å². The Morgan fingerprint density at radius 2 is 1.83 bits per heavy atom. The highest BCUT2D eigenvalue weighted by atomic mass is 28.4. The summed E-state index contributed by atoms with van der Waals surface area (Å²) >= 11 is 0. The Morgan fingerprint density at radius 3 is 2.29 bits per heavy atom. The average Bonchev–Trinajstić information content (AvgIpc) is 2.85. The molecule has 0 saturated carbocycles. The molecule has 0 aromatic rings. The molecule has 1 saturated heterocycles. The fraction of sp³-hybridized carbons (Fsp3) is 0.812. The number of carbonyl (C=O) groups is 3. The molecule has 1 fully saturated rings. The van der Waals surface area contributed by atoms with E-state index in [2.05, 4.69) is 39.2 Å². The molecular formula is C16H30N2O5Si. The molecule has 0 aliphatic carbocycles. The lowest BCUT2D eigenvalue weighted by Crippen LogP contribution is -2.54. The van der Waals surface area contributed by atoms with Crippen LogP contribution < -0.4 is 5.32 Å². The van der Waals surface area contributed by atoms with Gasteiger partial charge in [0.05, 0.1) is 6.10 Å². The Labute approximate surface area is 145 Å². The molecular weight excluding hydrogens is 328 g/mol. The first-order chi connectivity index (χ1) is 10.9. The van der Waals surface area contributed by atoms with E-state index in [9.17, 15) is 14.4 Å². The Morgan fingerprint density at radius 1 is 1.25 bits per heavy atom. The topological polar surface area (TPSA) is 84.9 Å². The predicted octanol–water partition coefficient (Wildman–Crippen LogP) is 1.29. The molecule has 24 heavy (non-hydrogen) atoms. The Bertz CT molecular complexity index is 501. The maximum atomic E-state index is 12.3. The second-order valence-electron chi connectivity index (χ2n) is 7.63. The van der Waals surface area contributed by atoms with Crippen LogP contribution in [0.25, 0.3) is 0 Å². The summed E-state index contributed by atoms with van der Waals surface area (Å²) in [5.74, 6) is -1.15. The van der Waals surface area contributed by atoms with E-state index in [1.54, 1.807) is 7.05 Å². The van der Waals surface area contributed by atoms with Gasteiger partial charge < -0.3 is 19.4 Å². The van der Waals surface area contributed by atoms with Crippen LogP contribution in [-0.4, -0.2) is 63.3 Å². The molecule has 138 valence electrons. The van der Waals surface area contributed by atoms with Gasteiger partial charge in [0.15, 0.2) is 14.9 Å². The normalized spacial score (nSPS) is 21.5. The van der Waals surface area contributed by atoms with Crippen LogP contribution in [0.4, 0.5) is 0 Å². The number of esters is 1. The monoisotopic (exact) mass is 358 g/mol. The van der Waals surface area contributed by atoms with Crippen LogP contribution in [0.1, 0.15) is 34.1 Å². The zero-order valence-corrected chi connectivity index (χ0v) is 16.8. The van der Waals surface area contributed by atoms with Gasteiger partial charge in [-0.05, 0) is 24.6 Å². The minimum Gasteiger partial charge on any atom is -0.456 e. The number of hydrogen-bond acceptors (Lipinski definition) is 5. The summed E-state index contributed by atoms with van der Waals surface area (Å²) in [4.78, 5) is 37.0. The highest BCUT2D eigenvalue weighted by Gasteiger charge is 2.47. The lowest BCUT2D eigenvalue weighted by molar-refractivity contribution is -0.152. The van der Waals surface area contributed by atoms with E-state index >= 15 is 0 Å². The summed E-state index contributed by atoms with van der Waals surface area (Å²) in [6, 6.07) is -0.688. The van der Waals surface area contributed by atoms with Gasteiger partial charge in [-0.25, -0.2) is 0 Å². The minimum absolute atomic E-state index is 0.00934. The van der Waals surface area contributed by atoms with Gasteiger partial charge in [-0.1, -0.05) is 20.8 Å². The van der Waals surface area contributed by atoms with Crippen LogP contribution in [0.3, 0.4) is 0 Å². The number of likely N-dealkylation sites (tertiary alicyclic amines) is 1. The van der Waals surface area contributed by atoms with E-state index in [0.717, 1.165) is 0 Å². The van der Waals surface area contributed by atoms with E-state index in [1.807, 2.05) is 0 Å². The third-order valence-electron chi connectivity index (χ3n) is 4.83. The summed E-state index contributed by atoms with van der Waals surface area (Å²) in [6.07, 6.45) is 0.253. The zero-order chi connectivity index (χ0) is 18.7. The molecule has 0 spiro atoms. The fourth-order valence-electron chi connectivity index (χ4n) is 2.43. The van der Waals surface area contributed by atoms with Crippen molar-refractivity contribution in [1.29, 1.82) is 0 Å². The largest absolute Gasteiger partial charge is 0.456 e. The molecule has 8 heteroatoms. The van der Waals surface area contributed by atoms with Crippen LogP contribution in [0.5, 0.6) is 0 Å². The van der Waals surface area contributed by atoms with Gasteiger partial charge in [0, 0.05) is 20.5 Å². The second kappa shape index (κ2) is 7.65. The van der Waals surface area contributed by atoms with Crippen molar-refractivity contribution in [2.24, 2.45) is 0 Å². The van der Waals surface area contributed by atoms with Crippen molar-refractivity contribution in [3.63, 3.8) is 0 Å². The number of rotatable bonds is 5. The van der Waals surface area contributed by atoms with Gasteiger partial charge in [0.25, 0.3) is 5.91 Å².